The van der Waals surface area contributed by atoms with E-state index in [0.717, 1.165) is 30.2 Å². The number of nitrogens with one attached hydrogen (secondary N) is 2. The number of thioether (sulfide) groups is 1. The molecule has 1 aliphatic heterocycles. The van der Waals surface area contributed by atoms with Gasteiger partial charge in [-0.2, -0.15) is 11.8 Å². The number of aliphatic imine (C=N–C) groups is 1. The van der Waals surface area contributed by atoms with Gasteiger partial charge in [0.25, 0.3) is 0 Å². The van der Waals surface area contributed by atoms with Crippen molar-refractivity contribution in [2.24, 2.45) is 10.9 Å². The number of piperidine rings is 1. The maximum absolute atomic E-state index is 4.85. The van der Waals surface area contributed by atoms with Crippen molar-refractivity contribution < 1.29 is 0 Å². The zero-order valence-corrected chi connectivity index (χ0v) is 17.5. The summed E-state index contributed by atoms with van der Waals surface area (Å²) in [6.07, 6.45) is 8.77. The molecule has 2 rings (SSSR count). The molecule has 2 fully saturated rings. The highest BCUT2D eigenvalue weighted by Gasteiger charge is 2.24. The van der Waals surface area contributed by atoms with E-state index in [-0.39, 0.29) is 24.0 Å². The Morgan fingerprint density at radius 1 is 1.32 bits per heavy atom. The van der Waals surface area contributed by atoms with E-state index in [1.807, 2.05) is 11.8 Å². The molecular formula is C16H33IN4S. The van der Waals surface area contributed by atoms with Gasteiger partial charge in [0.15, 0.2) is 5.96 Å². The first-order valence-corrected chi connectivity index (χ1v) is 9.76. The first kappa shape index (κ1) is 20.4. The fourth-order valence-electron chi connectivity index (χ4n) is 3.44. The summed E-state index contributed by atoms with van der Waals surface area (Å²) in [4.78, 5) is 7.28. The van der Waals surface area contributed by atoms with Gasteiger partial charge in [0.1, 0.15) is 0 Å². The Morgan fingerprint density at radius 2 is 2.14 bits per heavy atom. The summed E-state index contributed by atoms with van der Waals surface area (Å²) in [5, 5.41) is 7.89. The molecule has 0 amide bonds. The summed E-state index contributed by atoms with van der Waals surface area (Å²) in [6.45, 7) is 6.48. The second-order valence-electron chi connectivity index (χ2n) is 6.50. The monoisotopic (exact) mass is 440 g/mol. The molecule has 0 aromatic rings. The van der Waals surface area contributed by atoms with Crippen molar-refractivity contribution in [1.82, 2.24) is 15.5 Å². The van der Waals surface area contributed by atoms with Crippen molar-refractivity contribution in [3.63, 3.8) is 0 Å². The van der Waals surface area contributed by atoms with E-state index in [1.54, 1.807) is 0 Å². The minimum absolute atomic E-state index is 0. The minimum atomic E-state index is 0. The molecule has 4 nitrogen and oxygen atoms in total. The smallest absolute Gasteiger partial charge is 0.191 e. The van der Waals surface area contributed by atoms with Crippen molar-refractivity contribution in [3.05, 3.63) is 0 Å². The van der Waals surface area contributed by atoms with Crippen LogP contribution in [0.5, 0.6) is 0 Å². The average Bonchev–Trinajstić information content (AvgIpc) is 2.93. The third-order valence-corrected chi connectivity index (χ3v) is 5.73. The maximum atomic E-state index is 4.85. The highest BCUT2D eigenvalue weighted by Crippen LogP contribution is 2.28. The summed E-state index contributed by atoms with van der Waals surface area (Å²) in [6, 6.07) is 0.606. The van der Waals surface area contributed by atoms with E-state index in [4.69, 9.17) is 4.99 Å². The van der Waals surface area contributed by atoms with E-state index in [9.17, 15) is 0 Å². The fraction of sp³-hybridized carbons (Fsp3) is 0.938. The molecule has 3 atom stereocenters. The minimum Gasteiger partial charge on any atom is -0.357 e. The Kier molecular flexibility index (Phi) is 10.1. The van der Waals surface area contributed by atoms with E-state index >= 15 is 0 Å². The van der Waals surface area contributed by atoms with Gasteiger partial charge >= 0.3 is 0 Å². The summed E-state index contributed by atoms with van der Waals surface area (Å²) in [7, 11) is 2.22. The van der Waals surface area contributed by atoms with Crippen LogP contribution in [0.15, 0.2) is 4.99 Å². The van der Waals surface area contributed by atoms with E-state index in [0.29, 0.717) is 6.04 Å². The quantitative estimate of drug-likeness (QED) is 0.392. The van der Waals surface area contributed by atoms with Gasteiger partial charge in [0, 0.05) is 30.9 Å². The lowest BCUT2D eigenvalue weighted by atomic mass is 9.99. The second-order valence-corrected chi connectivity index (χ2v) is 7.64. The molecular weight excluding hydrogens is 407 g/mol. The van der Waals surface area contributed by atoms with Gasteiger partial charge in [-0.15, -0.1) is 24.0 Å². The molecule has 0 spiro atoms. The van der Waals surface area contributed by atoms with Crippen LogP contribution in [0.1, 0.15) is 39.0 Å². The molecule has 22 heavy (non-hydrogen) atoms. The summed E-state index contributed by atoms with van der Waals surface area (Å²) in [5.41, 5.74) is 0. The predicted molar refractivity (Wildman–Crippen MR) is 110 cm³/mol. The third-order valence-electron chi connectivity index (χ3n) is 4.63. The fourth-order valence-corrected chi connectivity index (χ4v) is 4.24. The van der Waals surface area contributed by atoms with Crippen LogP contribution < -0.4 is 10.6 Å². The second kappa shape index (κ2) is 11.0. The number of halogens is 1. The van der Waals surface area contributed by atoms with Crippen LogP contribution in [0.2, 0.25) is 0 Å². The van der Waals surface area contributed by atoms with Crippen LogP contribution in [0, 0.1) is 5.92 Å². The lowest BCUT2D eigenvalue weighted by Gasteiger charge is -2.28. The molecule has 1 saturated carbocycles. The largest absolute Gasteiger partial charge is 0.357 e. The summed E-state index contributed by atoms with van der Waals surface area (Å²) < 4.78 is 0. The lowest BCUT2D eigenvalue weighted by Crippen LogP contribution is -2.43. The predicted octanol–water partition coefficient (Wildman–Crippen LogP) is 2.79. The Balaban J connectivity index is 0.00000242. The molecule has 130 valence electrons. The molecule has 3 unspecified atom stereocenters. The van der Waals surface area contributed by atoms with Gasteiger partial charge < -0.3 is 15.5 Å². The molecule has 1 heterocycles. The Labute approximate surface area is 157 Å². The standard InChI is InChI=1S/C16H32N4S.HI/c1-4-17-16(19-14-7-8-15(10-14)21-3)18-11-13-6-5-9-20(2)12-13;/h13-15H,4-12H2,1-3H3,(H2,17,18,19);1H. The van der Waals surface area contributed by atoms with Crippen molar-refractivity contribution in [2.45, 2.75) is 50.3 Å². The molecule has 6 heteroatoms. The highest BCUT2D eigenvalue weighted by molar-refractivity contribution is 14.0. The van der Waals surface area contributed by atoms with Crippen LogP contribution in [0.25, 0.3) is 0 Å². The molecule has 2 aliphatic rings. The van der Waals surface area contributed by atoms with Gasteiger partial charge in [-0.05, 0) is 64.8 Å². The van der Waals surface area contributed by atoms with Gasteiger partial charge in [0.05, 0.1) is 0 Å². The van der Waals surface area contributed by atoms with Crippen molar-refractivity contribution in [1.29, 1.82) is 0 Å². The Bertz CT molecular complexity index is 340. The van der Waals surface area contributed by atoms with Gasteiger partial charge in [-0.1, -0.05) is 0 Å². The van der Waals surface area contributed by atoms with Crippen molar-refractivity contribution in [2.75, 3.05) is 39.5 Å². The Morgan fingerprint density at radius 3 is 2.77 bits per heavy atom. The van der Waals surface area contributed by atoms with Gasteiger partial charge in [-0.25, -0.2) is 0 Å². The van der Waals surface area contributed by atoms with Crippen LogP contribution in [0.4, 0.5) is 0 Å². The SMILES string of the molecule is CCNC(=NCC1CCCN(C)C1)NC1CCC(SC)C1.I. The van der Waals surface area contributed by atoms with Crippen LogP contribution in [-0.2, 0) is 0 Å². The molecule has 1 aliphatic carbocycles. The summed E-state index contributed by atoms with van der Waals surface area (Å²) >= 11 is 2.01. The van der Waals surface area contributed by atoms with Crippen molar-refractivity contribution >= 4 is 41.7 Å². The number of rotatable bonds is 5. The molecule has 0 radical (unpaired) electrons. The highest BCUT2D eigenvalue weighted by atomic mass is 127. The molecule has 2 N–H and O–H groups in total. The van der Waals surface area contributed by atoms with E-state index in [1.165, 1.54) is 45.2 Å². The first-order valence-electron chi connectivity index (χ1n) is 8.47. The number of likely N-dealkylation sites (tertiary alicyclic amines) is 1. The zero-order chi connectivity index (χ0) is 15.1. The Hall–Kier alpha value is 0.310. The number of guanidine groups is 1. The molecule has 0 bridgehead atoms. The summed E-state index contributed by atoms with van der Waals surface area (Å²) in [5.74, 6) is 1.75. The zero-order valence-electron chi connectivity index (χ0n) is 14.3. The topological polar surface area (TPSA) is 39.7 Å². The molecule has 0 aromatic carbocycles. The number of hydrogen-bond acceptors (Lipinski definition) is 3. The van der Waals surface area contributed by atoms with E-state index < -0.39 is 0 Å². The average molecular weight is 440 g/mol. The van der Waals surface area contributed by atoms with Gasteiger partial charge in [-0.3, -0.25) is 4.99 Å². The lowest BCUT2D eigenvalue weighted by molar-refractivity contribution is 0.214. The molecule has 0 aromatic heterocycles. The van der Waals surface area contributed by atoms with Crippen LogP contribution >= 0.6 is 35.7 Å². The van der Waals surface area contributed by atoms with E-state index in [2.05, 4.69) is 35.8 Å². The van der Waals surface area contributed by atoms with Crippen molar-refractivity contribution in [3.8, 4) is 0 Å². The third kappa shape index (κ3) is 6.83. The first-order chi connectivity index (χ1) is 10.2. The number of hydrogen-bond donors (Lipinski definition) is 2. The maximum Gasteiger partial charge on any atom is 0.191 e. The number of nitrogens with zero attached hydrogens (tertiary/aromatic N) is 2. The normalized spacial score (nSPS) is 30.0. The van der Waals surface area contributed by atoms with Crippen LogP contribution in [0.3, 0.4) is 0 Å². The van der Waals surface area contributed by atoms with Gasteiger partial charge in [0.2, 0.25) is 0 Å². The molecule has 1 saturated heterocycles. The van der Waals surface area contributed by atoms with Crippen LogP contribution in [-0.4, -0.2) is 61.6 Å².